The first-order chi connectivity index (χ1) is 6.70. The fourth-order valence-corrected chi connectivity index (χ4v) is 0.919. The SMILES string of the molecule is O=C(NN=CC(Cl)Cl)c1ccccc1. The van der Waals surface area contributed by atoms with Crippen molar-refractivity contribution in [1.29, 1.82) is 0 Å². The Balaban J connectivity index is 2.52. The van der Waals surface area contributed by atoms with Gasteiger partial charge in [-0.25, -0.2) is 5.43 Å². The maximum absolute atomic E-state index is 11.3. The van der Waals surface area contributed by atoms with E-state index in [0.717, 1.165) is 0 Å². The van der Waals surface area contributed by atoms with Gasteiger partial charge in [-0.05, 0) is 12.1 Å². The van der Waals surface area contributed by atoms with Crippen molar-refractivity contribution >= 4 is 35.3 Å². The minimum Gasteiger partial charge on any atom is -0.267 e. The van der Waals surface area contributed by atoms with Crippen molar-refractivity contribution in [2.45, 2.75) is 4.84 Å². The molecule has 0 aromatic heterocycles. The minimum absolute atomic E-state index is 0.296. The summed E-state index contributed by atoms with van der Waals surface area (Å²) in [7, 11) is 0. The van der Waals surface area contributed by atoms with Crippen LogP contribution in [-0.2, 0) is 0 Å². The number of amides is 1. The van der Waals surface area contributed by atoms with E-state index in [-0.39, 0.29) is 5.91 Å². The zero-order valence-electron chi connectivity index (χ0n) is 7.15. The second-order valence-electron chi connectivity index (χ2n) is 2.42. The molecule has 1 rings (SSSR count). The molecule has 0 aliphatic carbocycles. The van der Waals surface area contributed by atoms with Gasteiger partial charge in [0.25, 0.3) is 5.91 Å². The average Bonchev–Trinajstić information content (AvgIpc) is 2.18. The second kappa shape index (κ2) is 5.62. The van der Waals surface area contributed by atoms with Crippen molar-refractivity contribution in [1.82, 2.24) is 5.43 Å². The summed E-state index contributed by atoms with van der Waals surface area (Å²) in [6.45, 7) is 0. The van der Waals surface area contributed by atoms with Crippen LogP contribution < -0.4 is 5.43 Å². The van der Waals surface area contributed by atoms with E-state index in [1.165, 1.54) is 6.21 Å². The van der Waals surface area contributed by atoms with Crippen molar-refractivity contribution in [3.05, 3.63) is 35.9 Å². The van der Waals surface area contributed by atoms with Gasteiger partial charge in [0.05, 0.1) is 6.21 Å². The lowest BCUT2D eigenvalue weighted by atomic mass is 10.2. The zero-order chi connectivity index (χ0) is 10.4. The fourth-order valence-electron chi connectivity index (χ4n) is 0.806. The standard InChI is InChI=1S/C9H8Cl2N2O/c10-8(11)6-12-13-9(14)7-4-2-1-3-5-7/h1-6,8H,(H,13,14). The molecule has 0 saturated carbocycles. The molecule has 0 heterocycles. The predicted octanol–water partition coefficient (Wildman–Crippen LogP) is 2.21. The van der Waals surface area contributed by atoms with E-state index in [9.17, 15) is 4.79 Å². The normalized spacial score (nSPS) is 10.8. The summed E-state index contributed by atoms with van der Waals surface area (Å²) in [5.74, 6) is -0.296. The predicted molar refractivity (Wildman–Crippen MR) is 57.9 cm³/mol. The number of halogens is 2. The summed E-state index contributed by atoms with van der Waals surface area (Å²) in [6.07, 6.45) is 1.23. The van der Waals surface area contributed by atoms with Crippen LogP contribution in [0.2, 0.25) is 0 Å². The number of nitrogens with zero attached hydrogens (tertiary/aromatic N) is 1. The zero-order valence-corrected chi connectivity index (χ0v) is 8.66. The number of benzene rings is 1. The Morgan fingerprint density at radius 3 is 2.57 bits per heavy atom. The number of carbonyl (C=O) groups is 1. The minimum atomic E-state index is -0.717. The highest BCUT2D eigenvalue weighted by Gasteiger charge is 2.01. The molecule has 0 atom stereocenters. The summed E-state index contributed by atoms with van der Waals surface area (Å²) >= 11 is 10.7. The van der Waals surface area contributed by atoms with Gasteiger partial charge in [-0.1, -0.05) is 41.4 Å². The molecule has 5 heteroatoms. The molecule has 1 N–H and O–H groups in total. The second-order valence-corrected chi connectivity index (χ2v) is 3.58. The van der Waals surface area contributed by atoms with Crippen molar-refractivity contribution in [2.24, 2.45) is 5.10 Å². The van der Waals surface area contributed by atoms with Gasteiger partial charge >= 0.3 is 0 Å². The number of carbonyl (C=O) groups excluding carboxylic acids is 1. The summed E-state index contributed by atoms with van der Waals surface area (Å²) in [6, 6.07) is 8.73. The third-order valence-corrected chi connectivity index (χ3v) is 1.61. The Morgan fingerprint density at radius 1 is 1.36 bits per heavy atom. The molecule has 0 radical (unpaired) electrons. The molecule has 74 valence electrons. The van der Waals surface area contributed by atoms with Gasteiger partial charge in [-0.15, -0.1) is 0 Å². The molecule has 0 spiro atoms. The maximum atomic E-state index is 11.3. The van der Waals surface area contributed by atoms with E-state index in [4.69, 9.17) is 23.2 Å². The quantitative estimate of drug-likeness (QED) is 0.483. The van der Waals surface area contributed by atoms with Crippen LogP contribution in [0.1, 0.15) is 10.4 Å². The van der Waals surface area contributed by atoms with Gasteiger partial charge in [0, 0.05) is 5.56 Å². The number of hydrazone groups is 1. The highest BCUT2D eigenvalue weighted by molar-refractivity contribution is 6.51. The van der Waals surface area contributed by atoms with Gasteiger partial charge in [-0.2, -0.15) is 5.10 Å². The van der Waals surface area contributed by atoms with Crippen molar-refractivity contribution in [3.8, 4) is 0 Å². The Bertz CT molecular complexity index is 325. The summed E-state index contributed by atoms with van der Waals surface area (Å²) in [5.41, 5.74) is 2.82. The number of hydrogen-bond donors (Lipinski definition) is 1. The molecule has 1 amide bonds. The highest BCUT2D eigenvalue weighted by Crippen LogP contribution is 1.98. The first kappa shape index (κ1) is 11.0. The summed E-state index contributed by atoms with van der Waals surface area (Å²) in [5, 5.41) is 3.56. The first-order valence-corrected chi connectivity index (χ1v) is 4.74. The van der Waals surface area contributed by atoms with E-state index < -0.39 is 4.84 Å². The molecular weight excluding hydrogens is 223 g/mol. The molecule has 0 saturated heterocycles. The number of rotatable bonds is 3. The van der Waals surface area contributed by atoms with Crippen LogP contribution in [0.4, 0.5) is 0 Å². The lowest BCUT2D eigenvalue weighted by Crippen LogP contribution is -2.17. The Morgan fingerprint density at radius 2 is 2.00 bits per heavy atom. The van der Waals surface area contributed by atoms with Gasteiger partial charge in [0.2, 0.25) is 0 Å². The molecule has 0 aliphatic rings. The largest absolute Gasteiger partial charge is 0.271 e. The highest BCUT2D eigenvalue weighted by atomic mass is 35.5. The number of hydrogen-bond acceptors (Lipinski definition) is 2. The van der Waals surface area contributed by atoms with Crippen LogP contribution in [-0.4, -0.2) is 17.0 Å². The number of nitrogens with one attached hydrogen (secondary N) is 1. The topological polar surface area (TPSA) is 41.5 Å². The third-order valence-electron chi connectivity index (χ3n) is 1.39. The van der Waals surface area contributed by atoms with E-state index in [2.05, 4.69) is 10.5 Å². The van der Waals surface area contributed by atoms with Gasteiger partial charge in [-0.3, -0.25) is 4.79 Å². The Labute approximate surface area is 91.7 Å². The molecular formula is C9H8Cl2N2O. The van der Waals surface area contributed by atoms with Crippen LogP contribution in [0, 0.1) is 0 Å². The van der Waals surface area contributed by atoms with Gasteiger partial charge < -0.3 is 0 Å². The van der Waals surface area contributed by atoms with Crippen LogP contribution in [0.3, 0.4) is 0 Å². The molecule has 0 fully saturated rings. The fraction of sp³-hybridized carbons (Fsp3) is 0.111. The Kier molecular flexibility index (Phi) is 4.43. The van der Waals surface area contributed by atoms with Crippen LogP contribution in [0.5, 0.6) is 0 Å². The van der Waals surface area contributed by atoms with Gasteiger partial charge in [0.1, 0.15) is 4.84 Å². The summed E-state index contributed by atoms with van der Waals surface area (Å²) in [4.78, 5) is 10.6. The lowest BCUT2D eigenvalue weighted by Gasteiger charge is -1.98. The molecule has 3 nitrogen and oxygen atoms in total. The molecule has 0 unspecified atom stereocenters. The molecule has 0 bridgehead atoms. The number of alkyl halides is 2. The van der Waals surface area contributed by atoms with E-state index in [1.54, 1.807) is 24.3 Å². The van der Waals surface area contributed by atoms with E-state index in [0.29, 0.717) is 5.56 Å². The third kappa shape index (κ3) is 3.77. The monoisotopic (exact) mass is 230 g/mol. The lowest BCUT2D eigenvalue weighted by molar-refractivity contribution is 0.0955. The smallest absolute Gasteiger partial charge is 0.267 e. The first-order valence-electron chi connectivity index (χ1n) is 3.87. The van der Waals surface area contributed by atoms with Crippen molar-refractivity contribution in [2.75, 3.05) is 0 Å². The summed E-state index contributed by atoms with van der Waals surface area (Å²) < 4.78 is 0. The molecule has 1 aromatic rings. The van der Waals surface area contributed by atoms with Crippen molar-refractivity contribution in [3.63, 3.8) is 0 Å². The maximum Gasteiger partial charge on any atom is 0.271 e. The van der Waals surface area contributed by atoms with Gasteiger partial charge in [0.15, 0.2) is 0 Å². The van der Waals surface area contributed by atoms with E-state index in [1.807, 2.05) is 6.07 Å². The van der Waals surface area contributed by atoms with Crippen molar-refractivity contribution < 1.29 is 4.79 Å². The average molecular weight is 231 g/mol. The van der Waals surface area contributed by atoms with E-state index >= 15 is 0 Å². The Hall–Kier alpha value is -1.06. The van der Waals surface area contributed by atoms with Crippen LogP contribution >= 0.6 is 23.2 Å². The van der Waals surface area contributed by atoms with Crippen LogP contribution in [0.15, 0.2) is 35.4 Å². The van der Waals surface area contributed by atoms with Crippen LogP contribution in [0.25, 0.3) is 0 Å². The molecule has 0 aliphatic heterocycles. The molecule has 14 heavy (non-hydrogen) atoms. The molecule has 1 aromatic carbocycles.